The molecule has 2 heteroatoms. The summed E-state index contributed by atoms with van der Waals surface area (Å²) in [6.45, 7) is 0. The van der Waals surface area contributed by atoms with Gasteiger partial charge in [0.2, 0.25) is 0 Å². The SMILES string of the molecule is N#Cc1ccccc1CS. The molecule has 0 heterocycles. The fourth-order valence-electron chi connectivity index (χ4n) is 0.767. The van der Waals surface area contributed by atoms with Crippen molar-refractivity contribution >= 4 is 12.6 Å². The molecule has 0 aliphatic carbocycles. The molecule has 0 aromatic heterocycles. The lowest BCUT2D eigenvalue weighted by Gasteiger charge is -1.95. The first-order chi connectivity index (χ1) is 4.88. The van der Waals surface area contributed by atoms with Gasteiger partial charge < -0.3 is 0 Å². The fraction of sp³-hybridized carbons (Fsp3) is 0.125. The van der Waals surface area contributed by atoms with Gasteiger partial charge in [0, 0.05) is 5.75 Å². The Morgan fingerprint density at radius 1 is 1.40 bits per heavy atom. The Kier molecular flexibility index (Phi) is 2.35. The van der Waals surface area contributed by atoms with Crippen molar-refractivity contribution in [2.24, 2.45) is 0 Å². The van der Waals surface area contributed by atoms with Crippen LogP contribution in [0.15, 0.2) is 24.3 Å². The Morgan fingerprint density at radius 3 is 2.60 bits per heavy atom. The van der Waals surface area contributed by atoms with Gasteiger partial charge in [-0.3, -0.25) is 0 Å². The van der Waals surface area contributed by atoms with Crippen LogP contribution in [0, 0.1) is 11.3 Å². The van der Waals surface area contributed by atoms with Gasteiger partial charge in [0.1, 0.15) is 0 Å². The highest BCUT2D eigenvalue weighted by Gasteiger charge is 1.95. The van der Waals surface area contributed by atoms with Gasteiger partial charge in [-0.1, -0.05) is 18.2 Å². The minimum atomic E-state index is 0.629. The van der Waals surface area contributed by atoms with Crippen molar-refractivity contribution in [2.75, 3.05) is 0 Å². The number of rotatable bonds is 1. The van der Waals surface area contributed by atoms with Crippen LogP contribution in [0.1, 0.15) is 11.1 Å². The van der Waals surface area contributed by atoms with Crippen LogP contribution < -0.4 is 0 Å². The minimum absolute atomic E-state index is 0.629. The van der Waals surface area contributed by atoms with Crippen LogP contribution in [0.2, 0.25) is 0 Å². The van der Waals surface area contributed by atoms with E-state index < -0.39 is 0 Å². The average molecular weight is 149 g/mol. The van der Waals surface area contributed by atoms with E-state index in [0.717, 1.165) is 11.1 Å². The largest absolute Gasteiger partial charge is 0.192 e. The number of hydrogen-bond donors (Lipinski definition) is 1. The van der Waals surface area contributed by atoms with Gasteiger partial charge in [0.25, 0.3) is 0 Å². The Labute approximate surface area is 65.7 Å². The molecular formula is C8H7NS. The summed E-state index contributed by atoms with van der Waals surface area (Å²) >= 11 is 4.08. The Hall–Kier alpha value is -0.940. The van der Waals surface area contributed by atoms with E-state index >= 15 is 0 Å². The fourth-order valence-corrected chi connectivity index (χ4v) is 1.04. The zero-order valence-electron chi connectivity index (χ0n) is 5.41. The Balaban J connectivity index is 3.12. The van der Waals surface area contributed by atoms with Crippen LogP contribution in [0.5, 0.6) is 0 Å². The molecule has 0 radical (unpaired) electrons. The molecule has 10 heavy (non-hydrogen) atoms. The topological polar surface area (TPSA) is 23.8 Å². The molecule has 0 saturated carbocycles. The normalized spacial score (nSPS) is 8.80. The summed E-state index contributed by atoms with van der Waals surface area (Å²) in [4.78, 5) is 0. The zero-order chi connectivity index (χ0) is 7.40. The predicted molar refractivity (Wildman–Crippen MR) is 43.8 cm³/mol. The molecule has 0 spiro atoms. The highest BCUT2D eigenvalue weighted by Crippen LogP contribution is 2.08. The van der Waals surface area contributed by atoms with Crippen LogP contribution in [0.4, 0.5) is 0 Å². The van der Waals surface area contributed by atoms with E-state index in [9.17, 15) is 0 Å². The van der Waals surface area contributed by atoms with E-state index in [2.05, 4.69) is 18.7 Å². The second-order valence-corrected chi connectivity index (χ2v) is 2.24. The predicted octanol–water partition coefficient (Wildman–Crippen LogP) is 1.99. The third kappa shape index (κ3) is 1.31. The third-order valence-corrected chi connectivity index (χ3v) is 1.65. The van der Waals surface area contributed by atoms with Crippen molar-refractivity contribution in [1.82, 2.24) is 0 Å². The third-order valence-electron chi connectivity index (χ3n) is 1.31. The molecule has 1 nitrogen and oxygen atoms in total. The molecule has 0 unspecified atom stereocenters. The van der Waals surface area contributed by atoms with Crippen molar-refractivity contribution in [2.45, 2.75) is 5.75 Å². The Bertz CT molecular complexity index is 262. The molecule has 0 saturated heterocycles. The van der Waals surface area contributed by atoms with E-state index in [-0.39, 0.29) is 0 Å². The molecule has 1 aromatic carbocycles. The first-order valence-electron chi connectivity index (χ1n) is 2.97. The molecule has 50 valence electrons. The highest BCUT2D eigenvalue weighted by atomic mass is 32.1. The maximum atomic E-state index is 8.57. The summed E-state index contributed by atoms with van der Waals surface area (Å²) < 4.78 is 0. The molecule has 1 aromatic rings. The first-order valence-corrected chi connectivity index (χ1v) is 3.60. The average Bonchev–Trinajstić information content (AvgIpc) is 2.04. The number of nitriles is 1. The van der Waals surface area contributed by atoms with Crippen molar-refractivity contribution in [3.05, 3.63) is 35.4 Å². The lowest BCUT2D eigenvalue weighted by molar-refractivity contribution is 1.37. The smallest absolute Gasteiger partial charge is 0.0994 e. The number of benzene rings is 1. The van der Waals surface area contributed by atoms with E-state index in [1.54, 1.807) is 6.07 Å². The zero-order valence-corrected chi connectivity index (χ0v) is 6.31. The molecule has 0 fully saturated rings. The highest BCUT2D eigenvalue weighted by molar-refractivity contribution is 7.79. The van der Waals surface area contributed by atoms with Gasteiger partial charge in [0.15, 0.2) is 0 Å². The van der Waals surface area contributed by atoms with E-state index in [0.29, 0.717) is 5.75 Å². The van der Waals surface area contributed by atoms with Gasteiger partial charge in [-0.05, 0) is 11.6 Å². The maximum absolute atomic E-state index is 8.57. The standard InChI is InChI=1S/C8H7NS/c9-5-7-3-1-2-4-8(7)6-10/h1-4,10H,6H2. The molecule has 0 bridgehead atoms. The Morgan fingerprint density at radius 2 is 2.10 bits per heavy atom. The summed E-state index contributed by atoms with van der Waals surface area (Å²) in [5, 5.41) is 8.57. The number of nitrogens with zero attached hydrogens (tertiary/aromatic N) is 1. The lowest BCUT2D eigenvalue weighted by Crippen LogP contribution is -1.82. The van der Waals surface area contributed by atoms with Crippen LogP contribution >= 0.6 is 12.6 Å². The summed E-state index contributed by atoms with van der Waals surface area (Å²) in [5.41, 5.74) is 1.71. The van der Waals surface area contributed by atoms with Crippen LogP contribution in [-0.4, -0.2) is 0 Å². The molecule has 0 amide bonds. The summed E-state index contributed by atoms with van der Waals surface area (Å²) in [6.07, 6.45) is 0. The van der Waals surface area contributed by atoms with Gasteiger partial charge in [-0.2, -0.15) is 17.9 Å². The van der Waals surface area contributed by atoms with Crippen LogP contribution in [0.25, 0.3) is 0 Å². The monoisotopic (exact) mass is 149 g/mol. The second kappa shape index (κ2) is 3.28. The van der Waals surface area contributed by atoms with Crippen molar-refractivity contribution in [1.29, 1.82) is 5.26 Å². The van der Waals surface area contributed by atoms with E-state index in [4.69, 9.17) is 5.26 Å². The van der Waals surface area contributed by atoms with Gasteiger partial charge in [-0.15, -0.1) is 0 Å². The molecule has 0 atom stereocenters. The molecule has 1 rings (SSSR count). The van der Waals surface area contributed by atoms with Gasteiger partial charge >= 0.3 is 0 Å². The summed E-state index contributed by atoms with van der Waals surface area (Å²) in [7, 11) is 0. The van der Waals surface area contributed by atoms with E-state index in [1.165, 1.54) is 0 Å². The summed E-state index contributed by atoms with van der Waals surface area (Å²) in [6, 6.07) is 9.56. The number of thiol groups is 1. The molecule has 0 N–H and O–H groups in total. The van der Waals surface area contributed by atoms with Crippen molar-refractivity contribution in [3.63, 3.8) is 0 Å². The quantitative estimate of drug-likeness (QED) is 0.606. The van der Waals surface area contributed by atoms with Crippen molar-refractivity contribution in [3.8, 4) is 6.07 Å². The summed E-state index contributed by atoms with van der Waals surface area (Å²) in [5.74, 6) is 0.629. The maximum Gasteiger partial charge on any atom is 0.0994 e. The first kappa shape index (κ1) is 7.17. The van der Waals surface area contributed by atoms with E-state index in [1.807, 2.05) is 18.2 Å². The van der Waals surface area contributed by atoms with Crippen molar-refractivity contribution < 1.29 is 0 Å². The second-order valence-electron chi connectivity index (χ2n) is 1.93. The molecule has 0 aliphatic rings. The molecule has 0 aliphatic heterocycles. The van der Waals surface area contributed by atoms with Crippen LogP contribution in [-0.2, 0) is 5.75 Å². The van der Waals surface area contributed by atoms with Gasteiger partial charge in [-0.25, -0.2) is 0 Å². The lowest BCUT2D eigenvalue weighted by atomic mass is 10.1. The minimum Gasteiger partial charge on any atom is -0.192 e. The number of hydrogen-bond acceptors (Lipinski definition) is 2. The van der Waals surface area contributed by atoms with Crippen LogP contribution in [0.3, 0.4) is 0 Å². The van der Waals surface area contributed by atoms with Gasteiger partial charge in [0.05, 0.1) is 11.6 Å². The molecular weight excluding hydrogens is 142 g/mol.